The van der Waals surface area contributed by atoms with Crippen molar-refractivity contribution < 1.29 is 0 Å². The van der Waals surface area contributed by atoms with Gasteiger partial charge in [-0.25, -0.2) is 4.98 Å². The van der Waals surface area contributed by atoms with Gasteiger partial charge in [-0.1, -0.05) is 26.8 Å². The fourth-order valence-electron chi connectivity index (χ4n) is 2.40. The summed E-state index contributed by atoms with van der Waals surface area (Å²) in [6.07, 6.45) is 3.73. The highest BCUT2D eigenvalue weighted by Gasteiger charge is 2.19. The van der Waals surface area contributed by atoms with Crippen LogP contribution in [0.3, 0.4) is 0 Å². The van der Waals surface area contributed by atoms with Crippen molar-refractivity contribution in [3.8, 4) is 0 Å². The smallest absolute Gasteiger partial charge is 0.132 e. The lowest BCUT2D eigenvalue weighted by Gasteiger charge is -2.19. The molecule has 0 saturated carbocycles. The monoisotopic (exact) mass is 323 g/mol. The number of rotatable bonds is 5. The number of anilines is 1. The van der Waals surface area contributed by atoms with Crippen LogP contribution in [0.25, 0.3) is 0 Å². The van der Waals surface area contributed by atoms with Gasteiger partial charge in [0.15, 0.2) is 0 Å². The first-order chi connectivity index (χ1) is 9.89. The highest BCUT2D eigenvalue weighted by Crippen LogP contribution is 2.23. The third kappa shape index (κ3) is 4.45. The Kier molecular flexibility index (Phi) is 6.38. The Morgan fingerprint density at radius 3 is 2.50 bits per heavy atom. The molecule has 2 N–H and O–H groups in total. The third-order valence-corrected chi connectivity index (χ3v) is 3.39. The van der Waals surface area contributed by atoms with Gasteiger partial charge >= 0.3 is 0 Å². The molecule has 22 heavy (non-hydrogen) atoms. The predicted molar refractivity (Wildman–Crippen MR) is 93.6 cm³/mol. The first-order valence-corrected chi connectivity index (χ1v) is 7.24. The van der Waals surface area contributed by atoms with Gasteiger partial charge in [-0.3, -0.25) is 5.10 Å². The van der Waals surface area contributed by atoms with Gasteiger partial charge in [0.1, 0.15) is 5.82 Å². The minimum atomic E-state index is 0. The molecule has 0 bridgehead atoms. The maximum Gasteiger partial charge on any atom is 0.132 e. The van der Waals surface area contributed by atoms with E-state index in [9.17, 15) is 0 Å². The second-order valence-electron chi connectivity index (χ2n) is 6.50. The van der Waals surface area contributed by atoms with Crippen molar-refractivity contribution in [2.24, 2.45) is 0 Å². The van der Waals surface area contributed by atoms with Crippen LogP contribution in [0.5, 0.6) is 0 Å². The summed E-state index contributed by atoms with van der Waals surface area (Å²) in [6.45, 7) is 8.15. The average molecular weight is 324 g/mol. The summed E-state index contributed by atoms with van der Waals surface area (Å²) >= 11 is 0. The van der Waals surface area contributed by atoms with E-state index in [0.29, 0.717) is 0 Å². The Hall–Kier alpha value is -1.59. The average Bonchev–Trinajstić information content (AvgIpc) is 2.87. The quantitative estimate of drug-likeness (QED) is 0.888. The largest absolute Gasteiger partial charge is 0.362 e. The minimum Gasteiger partial charge on any atom is -0.362 e. The SMILES string of the molecule is CN(C)c1ncccc1CNCc1cn[nH]c1C(C)(C)C.Cl. The van der Waals surface area contributed by atoms with Crippen LogP contribution in [0.4, 0.5) is 5.82 Å². The molecule has 0 aliphatic carbocycles. The molecule has 122 valence electrons. The molecule has 0 fully saturated rings. The zero-order valence-electron chi connectivity index (χ0n) is 14.0. The van der Waals surface area contributed by atoms with Crippen LogP contribution >= 0.6 is 12.4 Å². The number of aromatic nitrogens is 3. The van der Waals surface area contributed by atoms with Crippen molar-refractivity contribution >= 4 is 18.2 Å². The maximum atomic E-state index is 4.42. The summed E-state index contributed by atoms with van der Waals surface area (Å²) in [4.78, 5) is 6.46. The van der Waals surface area contributed by atoms with Crippen molar-refractivity contribution in [3.63, 3.8) is 0 Å². The first-order valence-electron chi connectivity index (χ1n) is 7.24. The van der Waals surface area contributed by atoms with E-state index in [1.165, 1.54) is 16.8 Å². The Morgan fingerprint density at radius 2 is 1.86 bits per heavy atom. The second-order valence-corrected chi connectivity index (χ2v) is 6.50. The molecule has 0 saturated heterocycles. The Bertz CT molecular complexity index is 586. The molecule has 0 aliphatic rings. The molecule has 2 aromatic rings. The molecule has 2 rings (SSSR count). The van der Waals surface area contributed by atoms with E-state index < -0.39 is 0 Å². The van der Waals surface area contributed by atoms with Gasteiger partial charge in [0, 0.05) is 55.6 Å². The molecule has 0 aliphatic heterocycles. The molecule has 0 unspecified atom stereocenters. The van der Waals surface area contributed by atoms with E-state index >= 15 is 0 Å². The Morgan fingerprint density at radius 1 is 1.18 bits per heavy atom. The first kappa shape index (κ1) is 18.5. The second kappa shape index (κ2) is 7.61. The molecule has 0 spiro atoms. The van der Waals surface area contributed by atoms with Gasteiger partial charge in [0.05, 0.1) is 6.20 Å². The van der Waals surface area contributed by atoms with E-state index in [0.717, 1.165) is 18.9 Å². The van der Waals surface area contributed by atoms with Crippen LogP contribution in [0.1, 0.15) is 37.6 Å². The molecule has 0 amide bonds. The topological polar surface area (TPSA) is 56.8 Å². The molecule has 0 radical (unpaired) electrons. The molecule has 6 heteroatoms. The molecule has 0 atom stereocenters. The Balaban J connectivity index is 0.00000242. The lowest BCUT2D eigenvalue weighted by Crippen LogP contribution is -2.20. The Labute approximate surface area is 138 Å². The number of H-pyrrole nitrogens is 1. The van der Waals surface area contributed by atoms with Crippen molar-refractivity contribution in [1.82, 2.24) is 20.5 Å². The lowest BCUT2D eigenvalue weighted by atomic mass is 9.89. The molecule has 0 aromatic carbocycles. The van der Waals surface area contributed by atoms with Crippen molar-refractivity contribution in [2.45, 2.75) is 39.3 Å². The van der Waals surface area contributed by atoms with E-state index in [1.807, 2.05) is 37.5 Å². The van der Waals surface area contributed by atoms with Crippen LogP contribution in [0.15, 0.2) is 24.5 Å². The fourth-order valence-corrected chi connectivity index (χ4v) is 2.40. The zero-order valence-corrected chi connectivity index (χ0v) is 14.8. The highest BCUT2D eigenvalue weighted by molar-refractivity contribution is 5.85. The van der Waals surface area contributed by atoms with Gasteiger partial charge in [0.25, 0.3) is 0 Å². The van der Waals surface area contributed by atoms with E-state index in [-0.39, 0.29) is 17.8 Å². The number of hydrogen-bond acceptors (Lipinski definition) is 4. The van der Waals surface area contributed by atoms with Gasteiger partial charge in [-0.2, -0.15) is 5.10 Å². The van der Waals surface area contributed by atoms with Crippen molar-refractivity contribution in [2.75, 3.05) is 19.0 Å². The summed E-state index contributed by atoms with van der Waals surface area (Å²) in [5, 5.41) is 10.8. The number of halogens is 1. The number of hydrogen-bond donors (Lipinski definition) is 2. The minimum absolute atomic E-state index is 0. The van der Waals surface area contributed by atoms with Crippen LogP contribution in [-0.2, 0) is 18.5 Å². The third-order valence-electron chi connectivity index (χ3n) is 3.39. The standard InChI is InChI=1S/C16H25N5.ClH/c1-16(2,3)14-13(11-19-20-14)10-17-9-12-7-6-8-18-15(12)21(4)5;/h6-8,11,17H,9-10H2,1-5H3,(H,19,20);1H. The number of pyridine rings is 1. The predicted octanol–water partition coefficient (Wildman–Crippen LogP) is 2.88. The van der Waals surface area contributed by atoms with E-state index in [1.54, 1.807) is 0 Å². The lowest BCUT2D eigenvalue weighted by molar-refractivity contribution is 0.553. The van der Waals surface area contributed by atoms with Crippen LogP contribution in [0.2, 0.25) is 0 Å². The number of aromatic amines is 1. The van der Waals surface area contributed by atoms with Crippen LogP contribution in [0, 0.1) is 0 Å². The van der Waals surface area contributed by atoms with Gasteiger partial charge in [-0.15, -0.1) is 12.4 Å². The highest BCUT2D eigenvalue weighted by atomic mass is 35.5. The number of nitrogens with zero attached hydrogens (tertiary/aromatic N) is 3. The van der Waals surface area contributed by atoms with Gasteiger partial charge < -0.3 is 10.2 Å². The fraction of sp³-hybridized carbons (Fsp3) is 0.500. The maximum absolute atomic E-state index is 4.42. The van der Waals surface area contributed by atoms with Crippen molar-refractivity contribution in [3.05, 3.63) is 41.3 Å². The molecular weight excluding hydrogens is 298 g/mol. The summed E-state index contributed by atoms with van der Waals surface area (Å²) in [7, 11) is 4.03. The summed E-state index contributed by atoms with van der Waals surface area (Å²) in [6, 6.07) is 4.08. The van der Waals surface area contributed by atoms with Crippen LogP contribution in [-0.4, -0.2) is 29.3 Å². The normalized spacial score (nSPS) is 11.1. The van der Waals surface area contributed by atoms with Crippen molar-refractivity contribution in [1.29, 1.82) is 0 Å². The summed E-state index contributed by atoms with van der Waals surface area (Å²) in [5.74, 6) is 1.01. The van der Waals surface area contributed by atoms with E-state index in [4.69, 9.17) is 0 Å². The molecule has 2 aromatic heterocycles. The van der Waals surface area contributed by atoms with Gasteiger partial charge in [0.2, 0.25) is 0 Å². The zero-order chi connectivity index (χ0) is 15.5. The molecule has 5 nitrogen and oxygen atoms in total. The number of nitrogens with one attached hydrogen (secondary N) is 2. The van der Waals surface area contributed by atoms with Gasteiger partial charge in [-0.05, 0) is 6.07 Å². The summed E-state index contributed by atoms with van der Waals surface area (Å²) in [5.41, 5.74) is 3.69. The van der Waals surface area contributed by atoms with Crippen LogP contribution < -0.4 is 10.2 Å². The molecular formula is C16H26ClN5. The summed E-state index contributed by atoms with van der Waals surface area (Å²) < 4.78 is 0. The van der Waals surface area contributed by atoms with E-state index in [2.05, 4.69) is 47.3 Å². The molecule has 2 heterocycles.